The van der Waals surface area contributed by atoms with Gasteiger partial charge in [0.2, 0.25) is 0 Å². The molecule has 0 fully saturated rings. The van der Waals surface area contributed by atoms with Crippen LogP contribution in [0.2, 0.25) is 0 Å². The average molecular weight is 238 g/mol. The largest absolute Gasteiger partial charge is 0.469 e. The molecule has 0 saturated heterocycles. The van der Waals surface area contributed by atoms with Crippen molar-refractivity contribution in [1.29, 1.82) is 0 Å². The summed E-state index contributed by atoms with van der Waals surface area (Å²) in [5, 5.41) is 0. The molecule has 3 nitrogen and oxygen atoms in total. The minimum Gasteiger partial charge on any atom is -0.469 e. The number of thiol groups is 1. The summed E-state index contributed by atoms with van der Waals surface area (Å²) in [6.45, 7) is 1.72. The molecule has 0 aliphatic heterocycles. The predicted octanol–water partition coefficient (Wildman–Crippen LogP) is 2.36. The fraction of sp³-hybridized carbons (Fsp3) is 0.333. The van der Waals surface area contributed by atoms with E-state index >= 15 is 0 Å². The smallest absolute Gasteiger partial charge is 0.306 e. The summed E-state index contributed by atoms with van der Waals surface area (Å²) in [7, 11) is 1.31. The first-order chi connectivity index (χ1) is 7.54. The second kappa shape index (κ2) is 5.70. The third-order valence-corrected chi connectivity index (χ3v) is 2.60. The van der Waals surface area contributed by atoms with Crippen LogP contribution in [0.3, 0.4) is 0 Å². The van der Waals surface area contributed by atoms with Crippen molar-refractivity contribution < 1.29 is 14.3 Å². The molecule has 0 N–H and O–H groups in total. The molecule has 0 bridgehead atoms. The van der Waals surface area contributed by atoms with Crippen molar-refractivity contribution in [3.05, 3.63) is 29.8 Å². The zero-order chi connectivity index (χ0) is 12.1. The lowest BCUT2D eigenvalue weighted by Gasteiger charge is -2.08. The summed E-state index contributed by atoms with van der Waals surface area (Å²) in [4.78, 5) is 23.7. The van der Waals surface area contributed by atoms with Crippen LogP contribution in [0.25, 0.3) is 0 Å². The Kier molecular flexibility index (Phi) is 4.55. The normalized spacial score (nSPS) is 11.9. The molecule has 0 spiro atoms. The molecule has 1 aromatic carbocycles. The number of ketones is 1. The summed E-state index contributed by atoms with van der Waals surface area (Å²) < 4.78 is 4.52. The maximum atomic E-state index is 11.9. The second-order valence-corrected chi connectivity index (χ2v) is 4.11. The number of carbonyl (C=O) groups is 2. The molecule has 1 rings (SSSR count). The first-order valence-electron chi connectivity index (χ1n) is 4.94. The molecule has 16 heavy (non-hydrogen) atoms. The maximum Gasteiger partial charge on any atom is 0.306 e. The summed E-state index contributed by atoms with van der Waals surface area (Å²) in [5.74, 6) is -0.788. The lowest BCUT2D eigenvalue weighted by atomic mass is 9.96. The Morgan fingerprint density at radius 1 is 1.31 bits per heavy atom. The topological polar surface area (TPSA) is 43.4 Å². The third-order valence-electron chi connectivity index (χ3n) is 2.30. The molecule has 0 aliphatic rings. The van der Waals surface area contributed by atoms with Crippen LogP contribution >= 0.6 is 12.6 Å². The molecule has 1 unspecified atom stereocenters. The van der Waals surface area contributed by atoms with Crippen molar-refractivity contribution in [3.8, 4) is 0 Å². The monoisotopic (exact) mass is 238 g/mol. The van der Waals surface area contributed by atoms with Crippen LogP contribution in [0.4, 0.5) is 0 Å². The van der Waals surface area contributed by atoms with E-state index in [1.807, 2.05) is 0 Å². The van der Waals surface area contributed by atoms with Gasteiger partial charge in [0.25, 0.3) is 0 Å². The minimum absolute atomic E-state index is 0.0567. The van der Waals surface area contributed by atoms with Crippen LogP contribution < -0.4 is 0 Å². The van der Waals surface area contributed by atoms with Crippen LogP contribution in [0.5, 0.6) is 0 Å². The molecule has 86 valence electrons. The molecular weight excluding hydrogens is 224 g/mol. The molecule has 0 amide bonds. The van der Waals surface area contributed by atoms with E-state index in [0.29, 0.717) is 5.56 Å². The Labute approximate surface area is 100 Å². The van der Waals surface area contributed by atoms with Gasteiger partial charge in [0.1, 0.15) is 0 Å². The minimum atomic E-state index is -0.369. The molecule has 4 heteroatoms. The van der Waals surface area contributed by atoms with Crippen LogP contribution in [-0.2, 0) is 9.53 Å². The van der Waals surface area contributed by atoms with E-state index in [4.69, 9.17) is 0 Å². The standard InChI is InChI=1S/C12H14O3S/c1-8(7-11(13)15-2)12(14)9-3-5-10(16)6-4-9/h3-6,8,16H,7H2,1-2H3. The van der Waals surface area contributed by atoms with E-state index < -0.39 is 0 Å². The first-order valence-corrected chi connectivity index (χ1v) is 5.39. The highest BCUT2D eigenvalue weighted by Gasteiger charge is 2.18. The zero-order valence-corrected chi connectivity index (χ0v) is 10.2. The van der Waals surface area contributed by atoms with Crippen molar-refractivity contribution in [1.82, 2.24) is 0 Å². The SMILES string of the molecule is COC(=O)CC(C)C(=O)c1ccc(S)cc1. The number of hydrogen-bond acceptors (Lipinski definition) is 4. The molecule has 0 aliphatic carbocycles. The van der Waals surface area contributed by atoms with Crippen LogP contribution in [0.15, 0.2) is 29.2 Å². The molecule has 1 aromatic rings. The van der Waals surface area contributed by atoms with Gasteiger partial charge >= 0.3 is 5.97 Å². The van der Waals surface area contributed by atoms with Gasteiger partial charge in [-0.1, -0.05) is 19.1 Å². The van der Waals surface area contributed by atoms with Crippen molar-refractivity contribution >= 4 is 24.4 Å². The Morgan fingerprint density at radius 3 is 2.38 bits per heavy atom. The van der Waals surface area contributed by atoms with Gasteiger partial charge in [-0.05, 0) is 12.1 Å². The third kappa shape index (κ3) is 3.38. The average Bonchev–Trinajstić information content (AvgIpc) is 2.28. The number of hydrogen-bond donors (Lipinski definition) is 1. The van der Waals surface area contributed by atoms with E-state index in [2.05, 4.69) is 17.4 Å². The Morgan fingerprint density at radius 2 is 1.88 bits per heavy atom. The first kappa shape index (κ1) is 12.8. The van der Waals surface area contributed by atoms with Gasteiger partial charge in [-0.3, -0.25) is 9.59 Å². The van der Waals surface area contributed by atoms with E-state index in [0.717, 1.165) is 4.90 Å². The van der Waals surface area contributed by atoms with Crippen LogP contribution in [-0.4, -0.2) is 18.9 Å². The van der Waals surface area contributed by atoms with Crippen molar-refractivity contribution in [2.45, 2.75) is 18.2 Å². The fourth-order valence-electron chi connectivity index (χ4n) is 1.34. The van der Waals surface area contributed by atoms with Crippen molar-refractivity contribution in [2.24, 2.45) is 5.92 Å². The molecule has 0 saturated carbocycles. The number of ether oxygens (including phenoxy) is 1. The summed E-state index contributed by atoms with van der Waals surface area (Å²) in [6, 6.07) is 6.92. The van der Waals surface area contributed by atoms with Crippen LogP contribution in [0, 0.1) is 5.92 Å². The molecular formula is C12H14O3S. The van der Waals surface area contributed by atoms with E-state index in [1.54, 1.807) is 31.2 Å². The number of Topliss-reactive ketones (excluding diaryl/α,β-unsaturated/α-hetero) is 1. The summed E-state index contributed by atoms with van der Waals surface area (Å²) in [6.07, 6.45) is 0.109. The number of benzene rings is 1. The zero-order valence-electron chi connectivity index (χ0n) is 9.27. The van der Waals surface area contributed by atoms with Gasteiger partial charge in [-0.2, -0.15) is 0 Å². The Hall–Kier alpha value is -1.29. The van der Waals surface area contributed by atoms with Gasteiger partial charge in [-0.25, -0.2) is 0 Å². The van der Waals surface area contributed by atoms with E-state index in [-0.39, 0.29) is 24.1 Å². The second-order valence-electron chi connectivity index (χ2n) is 3.59. The predicted molar refractivity (Wildman–Crippen MR) is 63.8 cm³/mol. The van der Waals surface area contributed by atoms with Crippen molar-refractivity contribution in [3.63, 3.8) is 0 Å². The summed E-state index contributed by atoms with van der Waals surface area (Å²) in [5.41, 5.74) is 0.592. The molecule has 0 aromatic heterocycles. The Bertz CT molecular complexity index is 384. The highest BCUT2D eigenvalue weighted by atomic mass is 32.1. The number of methoxy groups -OCH3 is 1. The van der Waals surface area contributed by atoms with Gasteiger partial charge in [0.15, 0.2) is 5.78 Å². The van der Waals surface area contributed by atoms with E-state index in [1.165, 1.54) is 7.11 Å². The highest BCUT2D eigenvalue weighted by Crippen LogP contribution is 2.14. The number of rotatable bonds is 4. The fourth-order valence-corrected chi connectivity index (χ4v) is 1.49. The van der Waals surface area contributed by atoms with Gasteiger partial charge in [0.05, 0.1) is 13.5 Å². The van der Waals surface area contributed by atoms with E-state index in [9.17, 15) is 9.59 Å². The maximum absolute atomic E-state index is 11.9. The van der Waals surface area contributed by atoms with Gasteiger partial charge in [0, 0.05) is 16.4 Å². The van der Waals surface area contributed by atoms with Crippen molar-refractivity contribution in [2.75, 3.05) is 7.11 Å². The quantitative estimate of drug-likeness (QED) is 0.497. The van der Waals surface area contributed by atoms with Gasteiger partial charge in [-0.15, -0.1) is 12.6 Å². The lowest BCUT2D eigenvalue weighted by Crippen LogP contribution is -2.16. The molecule has 0 heterocycles. The molecule has 1 atom stereocenters. The summed E-state index contributed by atoms with van der Waals surface area (Å²) >= 11 is 4.14. The van der Waals surface area contributed by atoms with Crippen LogP contribution in [0.1, 0.15) is 23.7 Å². The Balaban J connectivity index is 2.70. The number of carbonyl (C=O) groups excluding carboxylic acids is 2. The lowest BCUT2D eigenvalue weighted by molar-refractivity contribution is -0.141. The number of esters is 1. The highest BCUT2D eigenvalue weighted by molar-refractivity contribution is 7.80. The van der Waals surface area contributed by atoms with Gasteiger partial charge < -0.3 is 4.74 Å². The molecule has 0 radical (unpaired) electrons.